The van der Waals surface area contributed by atoms with E-state index in [-0.39, 0.29) is 0 Å². The Hall–Kier alpha value is -1.64. The highest BCUT2D eigenvalue weighted by atomic mass is 15.1. The summed E-state index contributed by atoms with van der Waals surface area (Å²) < 4.78 is 0. The first-order chi connectivity index (χ1) is 7.40. The Balaban J connectivity index is 0.000000531. The van der Waals surface area contributed by atoms with E-state index in [1.165, 1.54) is 5.56 Å². The van der Waals surface area contributed by atoms with Crippen LogP contribution in [0.15, 0.2) is 30.6 Å². The van der Waals surface area contributed by atoms with Crippen LogP contribution in [0.3, 0.4) is 0 Å². The van der Waals surface area contributed by atoms with Crippen molar-refractivity contribution in [2.75, 3.05) is 0 Å². The van der Waals surface area contributed by atoms with Crippen LogP contribution in [0.4, 0.5) is 0 Å². The van der Waals surface area contributed by atoms with Crippen molar-refractivity contribution in [1.82, 2.24) is 15.2 Å². The lowest BCUT2D eigenvalue weighted by molar-refractivity contribution is 1.07. The molecule has 0 aliphatic rings. The highest BCUT2D eigenvalue weighted by Gasteiger charge is 1.98. The standard InChI is InChI=1S/C10H11N3.C2H6/c1-2-8-3-4-9(11-7-8)10-5-6-12-13-10;1-2/h3-7H,2H2,1H3,(H,12,13);1-2H3. The minimum Gasteiger partial charge on any atom is -0.276 e. The fourth-order valence-corrected chi connectivity index (χ4v) is 1.19. The van der Waals surface area contributed by atoms with Gasteiger partial charge in [0.05, 0.1) is 11.4 Å². The molecule has 0 atom stereocenters. The summed E-state index contributed by atoms with van der Waals surface area (Å²) in [7, 11) is 0. The van der Waals surface area contributed by atoms with E-state index in [2.05, 4.69) is 28.2 Å². The zero-order valence-corrected chi connectivity index (χ0v) is 9.49. The second kappa shape index (κ2) is 5.96. The van der Waals surface area contributed by atoms with E-state index in [0.717, 1.165) is 17.8 Å². The smallest absolute Gasteiger partial charge is 0.0880 e. The minimum absolute atomic E-state index is 0.940. The topological polar surface area (TPSA) is 41.6 Å². The van der Waals surface area contributed by atoms with Crippen molar-refractivity contribution in [2.45, 2.75) is 27.2 Å². The predicted molar refractivity (Wildman–Crippen MR) is 62.5 cm³/mol. The first-order valence-electron chi connectivity index (χ1n) is 5.35. The fourth-order valence-electron chi connectivity index (χ4n) is 1.19. The maximum atomic E-state index is 4.32. The number of nitrogens with one attached hydrogen (secondary N) is 1. The first-order valence-corrected chi connectivity index (χ1v) is 5.35. The van der Waals surface area contributed by atoms with E-state index < -0.39 is 0 Å². The van der Waals surface area contributed by atoms with Gasteiger partial charge in [0.2, 0.25) is 0 Å². The highest BCUT2D eigenvalue weighted by molar-refractivity contribution is 5.52. The molecule has 2 rings (SSSR count). The van der Waals surface area contributed by atoms with E-state index in [1.807, 2.05) is 32.2 Å². The number of aromatic amines is 1. The lowest BCUT2D eigenvalue weighted by atomic mass is 10.2. The van der Waals surface area contributed by atoms with E-state index in [0.29, 0.717) is 0 Å². The van der Waals surface area contributed by atoms with E-state index >= 15 is 0 Å². The summed E-state index contributed by atoms with van der Waals surface area (Å²) in [6.07, 6.45) is 4.65. The molecule has 0 fully saturated rings. The normalized spacial score (nSPS) is 9.27. The van der Waals surface area contributed by atoms with Crippen LogP contribution in [0.5, 0.6) is 0 Å². The molecular formula is C12H17N3. The van der Waals surface area contributed by atoms with Gasteiger partial charge in [0.1, 0.15) is 0 Å². The number of pyridine rings is 1. The van der Waals surface area contributed by atoms with Crippen molar-refractivity contribution in [3.8, 4) is 11.4 Å². The molecule has 3 nitrogen and oxygen atoms in total. The van der Waals surface area contributed by atoms with Crippen LogP contribution in [0.2, 0.25) is 0 Å². The molecule has 3 heteroatoms. The summed E-state index contributed by atoms with van der Waals surface area (Å²) >= 11 is 0. The Morgan fingerprint density at radius 1 is 1.20 bits per heavy atom. The monoisotopic (exact) mass is 203 g/mol. The molecule has 1 N–H and O–H groups in total. The number of hydrogen-bond acceptors (Lipinski definition) is 2. The molecule has 2 aromatic heterocycles. The second-order valence-corrected chi connectivity index (χ2v) is 2.88. The maximum Gasteiger partial charge on any atom is 0.0880 e. The summed E-state index contributed by atoms with van der Waals surface area (Å²) in [4.78, 5) is 4.32. The van der Waals surface area contributed by atoms with Gasteiger partial charge in [-0.25, -0.2) is 0 Å². The Bertz CT molecular complexity index is 362. The van der Waals surface area contributed by atoms with Crippen LogP contribution < -0.4 is 0 Å². The van der Waals surface area contributed by atoms with Gasteiger partial charge in [-0.3, -0.25) is 10.1 Å². The SMILES string of the molecule is CC.CCc1ccc(-c2ccn[nH]2)nc1. The Morgan fingerprint density at radius 3 is 2.47 bits per heavy atom. The van der Waals surface area contributed by atoms with Crippen LogP contribution in [0.1, 0.15) is 26.3 Å². The first kappa shape index (κ1) is 11.4. The molecule has 0 aromatic carbocycles. The molecule has 80 valence electrons. The van der Waals surface area contributed by atoms with E-state index in [9.17, 15) is 0 Å². The van der Waals surface area contributed by atoms with Crippen molar-refractivity contribution in [1.29, 1.82) is 0 Å². The third-order valence-electron chi connectivity index (χ3n) is 2.01. The molecule has 0 amide bonds. The molecule has 0 unspecified atom stereocenters. The Morgan fingerprint density at radius 2 is 2.00 bits per heavy atom. The maximum absolute atomic E-state index is 4.32. The molecule has 0 bridgehead atoms. The molecule has 0 radical (unpaired) electrons. The quantitative estimate of drug-likeness (QED) is 0.815. The lowest BCUT2D eigenvalue weighted by Gasteiger charge is -1.98. The average Bonchev–Trinajstić information content (AvgIpc) is 2.85. The van der Waals surface area contributed by atoms with Gasteiger partial charge in [-0.1, -0.05) is 26.8 Å². The lowest BCUT2D eigenvalue weighted by Crippen LogP contribution is -1.86. The Labute approximate surface area is 90.6 Å². The average molecular weight is 203 g/mol. The minimum atomic E-state index is 0.940. The molecule has 0 spiro atoms. The summed E-state index contributed by atoms with van der Waals surface area (Å²) in [6.45, 7) is 6.12. The summed E-state index contributed by atoms with van der Waals surface area (Å²) in [5.74, 6) is 0. The van der Waals surface area contributed by atoms with Gasteiger partial charge in [0.25, 0.3) is 0 Å². The van der Waals surface area contributed by atoms with Crippen molar-refractivity contribution >= 4 is 0 Å². The van der Waals surface area contributed by atoms with Crippen molar-refractivity contribution in [3.05, 3.63) is 36.2 Å². The van der Waals surface area contributed by atoms with Crippen LogP contribution in [0, 0.1) is 0 Å². The van der Waals surface area contributed by atoms with Gasteiger partial charge in [0, 0.05) is 12.4 Å². The molecule has 0 saturated carbocycles. The fraction of sp³-hybridized carbons (Fsp3) is 0.333. The summed E-state index contributed by atoms with van der Waals surface area (Å²) in [5.41, 5.74) is 3.15. The summed E-state index contributed by atoms with van der Waals surface area (Å²) in [5, 5.41) is 6.75. The van der Waals surface area contributed by atoms with Gasteiger partial charge in [0.15, 0.2) is 0 Å². The second-order valence-electron chi connectivity index (χ2n) is 2.88. The molecular weight excluding hydrogens is 186 g/mol. The number of aromatic nitrogens is 3. The largest absolute Gasteiger partial charge is 0.276 e. The van der Waals surface area contributed by atoms with Crippen LogP contribution in [-0.4, -0.2) is 15.2 Å². The van der Waals surface area contributed by atoms with Crippen molar-refractivity contribution < 1.29 is 0 Å². The molecule has 15 heavy (non-hydrogen) atoms. The molecule has 0 saturated heterocycles. The predicted octanol–water partition coefficient (Wildman–Crippen LogP) is 3.06. The van der Waals surface area contributed by atoms with Gasteiger partial charge in [-0.15, -0.1) is 0 Å². The van der Waals surface area contributed by atoms with Crippen molar-refractivity contribution in [2.24, 2.45) is 0 Å². The number of aryl methyl sites for hydroxylation is 1. The van der Waals surface area contributed by atoms with E-state index in [1.54, 1.807) is 6.20 Å². The van der Waals surface area contributed by atoms with Gasteiger partial charge < -0.3 is 0 Å². The molecule has 2 aromatic rings. The highest BCUT2D eigenvalue weighted by Crippen LogP contribution is 2.12. The van der Waals surface area contributed by atoms with Crippen LogP contribution in [-0.2, 0) is 6.42 Å². The molecule has 0 aliphatic carbocycles. The number of hydrogen-bond donors (Lipinski definition) is 1. The number of nitrogens with zero attached hydrogens (tertiary/aromatic N) is 2. The number of H-pyrrole nitrogens is 1. The third-order valence-corrected chi connectivity index (χ3v) is 2.01. The van der Waals surface area contributed by atoms with E-state index in [4.69, 9.17) is 0 Å². The van der Waals surface area contributed by atoms with Gasteiger partial charge >= 0.3 is 0 Å². The third kappa shape index (κ3) is 2.91. The molecule has 0 aliphatic heterocycles. The van der Waals surface area contributed by atoms with Gasteiger partial charge in [-0.05, 0) is 24.1 Å². The van der Waals surface area contributed by atoms with Crippen LogP contribution in [0.25, 0.3) is 11.4 Å². The zero-order valence-electron chi connectivity index (χ0n) is 9.49. The van der Waals surface area contributed by atoms with Crippen LogP contribution >= 0.6 is 0 Å². The Kier molecular flexibility index (Phi) is 4.54. The number of rotatable bonds is 2. The van der Waals surface area contributed by atoms with Gasteiger partial charge in [-0.2, -0.15) is 5.10 Å². The zero-order chi connectivity index (χ0) is 11.1. The summed E-state index contributed by atoms with van der Waals surface area (Å²) in [6, 6.07) is 6.00. The van der Waals surface area contributed by atoms with Crippen molar-refractivity contribution in [3.63, 3.8) is 0 Å². The molecule has 2 heterocycles.